The Morgan fingerprint density at radius 3 is 2.27 bits per heavy atom. The SMILES string of the molecule is CN=C(NCc1ccccc1C)NCc1ccccc1N1CCOCC1. The van der Waals surface area contributed by atoms with Gasteiger partial charge in [0.05, 0.1) is 13.2 Å². The van der Waals surface area contributed by atoms with Gasteiger partial charge in [-0.2, -0.15) is 0 Å². The number of para-hydroxylation sites is 1. The first-order chi connectivity index (χ1) is 12.8. The van der Waals surface area contributed by atoms with Gasteiger partial charge in [0.2, 0.25) is 0 Å². The number of benzene rings is 2. The normalized spacial score (nSPS) is 15.0. The summed E-state index contributed by atoms with van der Waals surface area (Å²) in [6.45, 7) is 7.10. The van der Waals surface area contributed by atoms with Crippen molar-refractivity contribution in [2.45, 2.75) is 20.0 Å². The smallest absolute Gasteiger partial charge is 0.191 e. The zero-order valence-electron chi connectivity index (χ0n) is 15.7. The summed E-state index contributed by atoms with van der Waals surface area (Å²) in [6, 6.07) is 16.9. The number of hydrogen-bond donors (Lipinski definition) is 2. The molecule has 0 spiro atoms. The summed E-state index contributed by atoms with van der Waals surface area (Å²) in [5.74, 6) is 0.810. The van der Waals surface area contributed by atoms with Gasteiger partial charge in [0.25, 0.3) is 0 Å². The molecule has 3 rings (SSSR count). The van der Waals surface area contributed by atoms with Crippen LogP contribution < -0.4 is 15.5 Å². The highest BCUT2D eigenvalue weighted by molar-refractivity contribution is 5.79. The number of hydrogen-bond acceptors (Lipinski definition) is 3. The minimum absolute atomic E-state index is 0.737. The maximum Gasteiger partial charge on any atom is 0.191 e. The summed E-state index contributed by atoms with van der Waals surface area (Å²) in [6.07, 6.45) is 0. The Morgan fingerprint density at radius 2 is 1.58 bits per heavy atom. The summed E-state index contributed by atoms with van der Waals surface area (Å²) in [5, 5.41) is 6.84. The van der Waals surface area contributed by atoms with E-state index in [1.165, 1.54) is 22.4 Å². The molecule has 2 N–H and O–H groups in total. The number of nitrogens with zero attached hydrogens (tertiary/aromatic N) is 2. The molecule has 1 heterocycles. The summed E-state index contributed by atoms with van der Waals surface area (Å²) in [7, 11) is 1.81. The summed E-state index contributed by atoms with van der Waals surface area (Å²) < 4.78 is 5.47. The lowest BCUT2D eigenvalue weighted by atomic mass is 10.1. The molecule has 0 aromatic heterocycles. The second kappa shape index (κ2) is 9.25. The number of aliphatic imine (C=N–C) groups is 1. The highest BCUT2D eigenvalue weighted by Crippen LogP contribution is 2.21. The van der Waals surface area contributed by atoms with Crippen LogP contribution >= 0.6 is 0 Å². The summed E-state index contributed by atoms with van der Waals surface area (Å²) in [4.78, 5) is 6.74. The van der Waals surface area contributed by atoms with E-state index in [1.54, 1.807) is 7.05 Å². The predicted octanol–water partition coefficient (Wildman–Crippen LogP) is 2.70. The highest BCUT2D eigenvalue weighted by Gasteiger charge is 2.14. The second-order valence-corrected chi connectivity index (χ2v) is 6.43. The Morgan fingerprint density at radius 1 is 0.962 bits per heavy atom. The standard InChI is InChI=1S/C21H28N4O/c1-17-7-3-4-8-18(17)15-23-21(22-2)24-16-19-9-5-6-10-20(19)25-11-13-26-14-12-25/h3-10H,11-16H2,1-2H3,(H2,22,23,24). The third kappa shape index (κ3) is 4.76. The van der Waals surface area contributed by atoms with Crippen LogP contribution in [0.3, 0.4) is 0 Å². The zero-order chi connectivity index (χ0) is 18.2. The third-order valence-electron chi connectivity index (χ3n) is 4.72. The second-order valence-electron chi connectivity index (χ2n) is 6.43. The van der Waals surface area contributed by atoms with Gasteiger partial charge in [0, 0.05) is 38.9 Å². The molecular weight excluding hydrogens is 324 g/mol. The Labute approximate surface area is 156 Å². The molecule has 138 valence electrons. The van der Waals surface area contributed by atoms with E-state index in [9.17, 15) is 0 Å². The monoisotopic (exact) mass is 352 g/mol. The van der Waals surface area contributed by atoms with Gasteiger partial charge in [-0.15, -0.1) is 0 Å². The zero-order valence-corrected chi connectivity index (χ0v) is 15.7. The van der Waals surface area contributed by atoms with E-state index >= 15 is 0 Å². The lowest BCUT2D eigenvalue weighted by molar-refractivity contribution is 0.122. The van der Waals surface area contributed by atoms with Crippen LogP contribution in [0.25, 0.3) is 0 Å². The first-order valence-corrected chi connectivity index (χ1v) is 9.17. The molecule has 1 fully saturated rings. The van der Waals surface area contributed by atoms with Crippen molar-refractivity contribution in [2.24, 2.45) is 4.99 Å². The molecule has 1 saturated heterocycles. The molecule has 5 heteroatoms. The van der Waals surface area contributed by atoms with Gasteiger partial charge in [0.1, 0.15) is 0 Å². The van der Waals surface area contributed by atoms with Gasteiger partial charge < -0.3 is 20.3 Å². The largest absolute Gasteiger partial charge is 0.378 e. The number of nitrogens with one attached hydrogen (secondary N) is 2. The van der Waals surface area contributed by atoms with Crippen molar-refractivity contribution in [3.63, 3.8) is 0 Å². The topological polar surface area (TPSA) is 48.9 Å². The fourth-order valence-corrected chi connectivity index (χ4v) is 3.16. The number of morpholine rings is 1. The van der Waals surface area contributed by atoms with Crippen LogP contribution in [0.2, 0.25) is 0 Å². The van der Waals surface area contributed by atoms with E-state index in [0.29, 0.717) is 0 Å². The van der Waals surface area contributed by atoms with Crippen molar-refractivity contribution in [3.05, 3.63) is 65.2 Å². The van der Waals surface area contributed by atoms with Gasteiger partial charge in [-0.05, 0) is 29.7 Å². The third-order valence-corrected chi connectivity index (χ3v) is 4.72. The molecule has 26 heavy (non-hydrogen) atoms. The van der Waals surface area contributed by atoms with Crippen molar-refractivity contribution < 1.29 is 4.74 Å². The lowest BCUT2D eigenvalue weighted by Crippen LogP contribution is -2.39. The molecule has 0 unspecified atom stereocenters. The van der Waals surface area contributed by atoms with Crippen LogP contribution in [0, 0.1) is 6.92 Å². The number of aryl methyl sites for hydroxylation is 1. The van der Waals surface area contributed by atoms with Gasteiger partial charge in [-0.1, -0.05) is 42.5 Å². The number of rotatable bonds is 5. The number of ether oxygens (including phenoxy) is 1. The van der Waals surface area contributed by atoms with Gasteiger partial charge >= 0.3 is 0 Å². The predicted molar refractivity (Wildman–Crippen MR) is 108 cm³/mol. The molecule has 1 aliphatic rings. The molecule has 0 saturated carbocycles. The van der Waals surface area contributed by atoms with Crippen molar-refractivity contribution in [1.82, 2.24) is 10.6 Å². The van der Waals surface area contributed by atoms with E-state index in [0.717, 1.165) is 45.4 Å². The van der Waals surface area contributed by atoms with Gasteiger partial charge in [-0.3, -0.25) is 4.99 Å². The van der Waals surface area contributed by atoms with Gasteiger partial charge in [0.15, 0.2) is 5.96 Å². The molecule has 0 aliphatic carbocycles. The van der Waals surface area contributed by atoms with Crippen molar-refractivity contribution >= 4 is 11.6 Å². The summed E-state index contributed by atoms with van der Waals surface area (Å²) >= 11 is 0. The lowest BCUT2D eigenvalue weighted by Gasteiger charge is -2.30. The van der Waals surface area contributed by atoms with E-state index in [1.807, 2.05) is 0 Å². The molecule has 0 amide bonds. The average molecular weight is 352 g/mol. The quantitative estimate of drug-likeness (QED) is 0.642. The van der Waals surface area contributed by atoms with Crippen LogP contribution in [-0.2, 0) is 17.8 Å². The molecule has 0 atom stereocenters. The van der Waals surface area contributed by atoms with Gasteiger partial charge in [-0.25, -0.2) is 0 Å². The first-order valence-electron chi connectivity index (χ1n) is 9.17. The Kier molecular flexibility index (Phi) is 6.50. The molecule has 0 bridgehead atoms. The van der Waals surface area contributed by atoms with Crippen molar-refractivity contribution in [2.75, 3.05) is 38.3 Å². The van der Waals surface area contributed by atoms with Crippen LogP contribution in [0.1, 0.15) is 16.7 Å². The molecule has 5 nitrogen and oxygen atoms in total. The van der Waals surface area contributed by atoms with E-state index in [4.69, 9.17) is 4.74 Å². The highest BCUT2D eigenvalue weighted by atomic mass is 16.5. The van der Waals surface area contributed by atoms with Crippen molar-refractivity contribution in [3.8, 4) is 0 Å². The van der Waals surface area contributed by atoms with Crippen LogP contribution in [0.5, 0.6) is 0 Å². The van der Waals surface area contributed by atoms with E-state index in [-0.39, 0.29) is 0 Å². The molecular formula is C21H28N4O. The molecule has 0 radical (unpaired) electrons. The fourth-order valence-electron chi connectivity index (χ4n) is 3.16. The van der Waals surface area contributed by atoms with Crippen molar-refractivity contribution in [1.29, 1.82) is 0 Å². The fraction of sp³-hybridized carbons (Fsp3) is 0.381. The van der Waals surface area contributed by atoms with Crippen LogP contribution in [0.15, 0.2) is 53.5 Å². The maximum absolute atomic E-state index is 5.47. The Hall–Kier alpha value is -2.53. The van der Waals surface area contributed by atoms with Crippen LogP contribution in [0.4, 0.5) is 5.69 Å². The van der Waals surface area contributed by atoms with E-state index < -0.39 is 0 Å². The minimum atomic E-state index is 0.737. The van der Waals surface area contributed by atoms with Crippen LogP contribution in [-0.4, -0.2) is 39.3 Å². The molecule has 1 aliphatic heterocycles. The average Bonchev–Trinajstić information content (AvgIpc) is 2.70. The van der Waals surface area contributed by atoms with E-state index in [2.05, 4.69) is 76.0 Å². The number of anilines is 1. The maximum atomic E-state index is 5.47. The minimum Gasteiger partial charge on any atom is -0.378 e. The Bertz CT molecular complexity index is 738. The first kappa shape index (κ1) is 18.3. The Balaban J connectivity index is 1.59. The number of guanidine groups is 1. The molecule has 2 aromatic carbocycles. The molecule has 2 aromatic rings. The summed E-state index contributed by atoms with van der Waals surface area (Å²) in [5.41, 5.74) is 5.11.